The quantitative estimate of drug-likeness (QED) is 0.823. The molecule has 0 saturated carbocycles. The van der Waals surface area contributed by atoms with E-state index in [4.69, 9.17) is 21.1 Å². The third-order valence-electron chi connectivity index (χ3n) is 3.80. The number of halogens is 1. The molecule has 1 N–H and O–H groups in total. The Morgan fingerprint density at radius 1 is 1.28 bits per heavy atom. The Balaban J connectivity index is 1.91. The molecule has 2 aromatic rings. The molecule has 1 atom stereocenters. The number of ether oxygens (including phenoxy) is 2. The highest BCUT2D eigenvalue weighted by atomic mass is 35.5. The van der Waals surface area contributed by atoms with Gasteiger partial charge in [-0.05, 0) is 37.3 Å². The van der Waals surface area contributed by atoms with Crippen molar-refractivity contribution < 1.29 is 19.1 Å². The molecule has 0 spiro atoms. The van der Waals surface area contributed by atoms with E-state index < -0.39 is 5.97 Å². The fraction of sp³-hybridized carbons (Fsp3) is 0.222. The zero-order valence-electron chi connectivity index (χ0n) is 13.8. The summed E-state index contributed by atoms with van der Waals surface area (Å²) in [5.74, 6) is 0.0818. The van der Waals surface area contributed by atoms with Crippen molar-refractivity contribution >= 4 is 35.0 Å². The molecule has 6 nitrogen and oxygen atoms in total. The summed E-state index contributed by atoms with van der Waals surface area (Å²) in [6.07, 6.45) is -0.153. The molecule has 2 aromatic carbocycles. The first-order valence-corrected chi connectivity index (χ1v) is 8.09. The molecule has 1 heterocycles. The number of fused-ring (bicyclic) bond motifs is 1. The van der Waals surface area contributed by atoms with Crippen molar-refractivity contribution in [1.82, 2.24) is 0 Å². The van der Waals surface area contributed by atoms with E-state index in [2.05, 4.69) is 5.32 Å². The second kappa shape index (κ2) is 7.03. The molecule has 1 aliphatic rings. The number of nitrogens with one attached hydrogen (secondary N) is 1. The predicted octanol–water partition coefficient (Wildman–Crippen LogP) is 3.95. The minimum Gasteiger partial charge on any atom is -0.487 e. The van der Waals surface area contributed by atoms with Gasteiger partial charge in [0.2, 0.25) is 0 Å². The van der Waals surface area contributed by atoms with E-state index in [-0.39, 0.29) is 17.7 Å². The second-order valence-corrected chi connectivity index (χ2v) is 6.05. The van der Waals surface area contributed by atoms with Crippen molar-refractivity contribution in [1.29, 1.82) is 0 Å². The first-order valence-electron chi connectivity index (χ1n) is 7.71. The fourth-order valence-electron chi connectivity index (χ4n) is 2.67. The van der Waals surface area contributed by atoms with E-state index in [1.54, 1.807) is 17.0 Å². The van der Waals surface area contributed by atoms with Gasteiger partial charge in [-0.1, -0.05) is 23.7 Å². The number of carbonyl (C=O) groups is 2. The van der Waals surface area contributed by atoms with Crippen LogP contribution < -0.4 is 15.0 Å². The number of anilines is 2. The average molecular weight is 361 g/mol. The summed E-state index contributed by atoms with van der Waals surface area (Å²) in [7, 11) is 1.28. The maximum Gasteiger partial charge on any atom is 0.339 e. The zero-order valence-corrected chi connectivity index (χ0v) is 14.5. The molecular formula is C18H17ClN2O4. The first-order chi connectivity index (χ1) is 12.0. The van der Waals surface area contributed by atoms with Gasteiger partial charge in [0.05, 0.1) is 30.6 Å². The Morgan fingerprint density at radius 2 is 2.04 bits per heavy atom. The molecule has 0 saturated heterocycles. The highest BCUT2D eigenvalue weighted by molar-refractivity contribution is 6.31. The summed E-state index contributed by atoms with van der Waals surface area (Å²) >= 11 is 6.00. The number of benzene rings is 2. The number of amides is 2. The van der Waals surface area contributed by atoms with Crippen LogP contribution in [0.15, 0.2) is 42.5 Å². The van der Waals surface area contributed by atoms with Gasteiger partial charge >= 0.3 is 12.0 Å². The van der Waals surface area contributed by atoms with Gasteiger partial charge in [0.25, 0.3) is 0 Å². The van der Waals surface area contributed by atoms with Crippen LogP contribution in [-0.2, 0) is 4.74 Å². The Hall–Kier alpha value is -2.73. The van der Waals surface area contributed by atoms with Crippen LogP contribution in [-0.4, -0.2) is 31.8 Å². The second-order valence-electron chi connectivity index (χ2n) is 5.62. The smallest absolute Gasteiger partial charge is 0.339 e. The average Bonchev–Trinajstić information content (AvgIpc) is 2.60. The van der Waals surface area contributed by atoms with Gasteiger partial charge in [-0.25, -0.2) is 9.59 Å². The number of hydrogen-bond donors (Lipinski definition) is 1. The highest BCUT2D eigenvalue weighted by Crippen LogP contribution is 2.33. The van der Waals surface area contributed by atoms with Crippen molar-refractivity contribution in [2.75, 3.05) is 23.9 Å². The van der Waals surface area contributed by atoms with Crippen LogP contribution in [0.5, 0.6) is 5.75 Å². The summed E-state index contributed by atoms with van der Waals surface area (Å²) in [6.45, 7) is 2.27. The number of hydrogen-bond acceptors (Lipinski definition) is 4. The van der Waals surface area contributed by atoms with Gasteiger partial charge in [-0.15, -0.1) is 0 Å². The van der Waals surface area contributed by atoms with Gasteiger partial charge in [-0.2, -0.15) is 0 Å². The molecular weight excluding hydrogens is 344 g/mol. The molecule has 3 rings (SSSR count). The lowest BCUT2D eigenvalue weighted by Crippen LogP contribution is -2.44. The van der Waals surface area contributed by atoms with Gasteiger partial charge in [-0.3, -0.25) is 4.90 Å². The predicted molar refractivity (Wildman–Crippen MR) is 95.7 cm³/mol. The van der Waals surface area contributed by atoms with Gasteiger partial charge in [0, 0.05) is 5.02 Å². The molecule has 0 radical (unpaired) electrons. The summed E-state index contributed by atoms with van der Waals surface area (Å²) < 4.78 is 10.5. The van der Waals surface area contributed by atoms with Crippen LogP contribution in [0.25, 0.3) is 0 Å². The van der Waals surface area contributed by atoms with Crippen LogP contribution in [0.1, 0.15) is 17.3 Å². The Morgan fingerprint density at radius 3 is 2.80 bits per heavy atom. The number of esters is 1. The largest absolute Gasteiger partial charge is 0.487 e. The lowest BCUT2D eigenvalue weighted by molar-refractivity contribution is 0.0602. The van der Waals surface area contributed by atoms with Crippen molar-refractivity contribution in [3.8, 4) is 5.75 Å². The minimum atomic E-state index is -0.553. The molecule has 130 valence electrons. The van der Waals surface area contributed by atoms with Crippen LogP contribution in [0, 0.1) is 0 Å². The van der Waals surface area contributed by atoms with E-state index in [9.17, 15) is 9.59 Å². The number of para-hydroxylation sites is 2. The SMILES string of the molecule is COC(=O)c1ccc(Cl)cc1NC(=O)N1C[C@H](C)Oc2ccccc21. The maximum absolute atomic E-state index is 12.8. The monoisotopic (exact) mass is 360 g/mol. The van der Waals surface area contributed by atoms with E-state index in [0.29, 0.717) is 28.7 Å². The summed E-state index contributed by atoms with van der Waals surface area (Å²) in [4.78, 5) is 26.3. The summed E-state index contributed by atoms with van der Waals surface area (Å²) in [6, 6.07) is 11.5. The van der Waals surface area contributed by atoms with Crippen molar-refractivity contribution in [3.05, 3.63) is 53.1 Å². The number of carbonyl (C=O) groups excluding carboxylic acids is 2. The first kappa shape index (κ1) is 17.1. The molecule has 25 heavy (non-hydrogen) atoms. The third-order valence-corrected chi connectivity index (χ3v) is 4.03. The van der Waals surface area contributed by atoms with Crippen molar-refractivity contribution in [2.24, 2.45) is 0 Å². The van der Waals surface area contributed by atoms with E-state index in [1.807, 2.05) is 25.1 Å². The summed E-state index contributed by atoms with van der Waals surface area (Å²) in [5.41, 5.74) is 1.19. The standard InChI is InChI=1S/C18H17ClN2O4/c1-11-10-21(15-5-3-4-6-16(15)25-11)18(23)20-14-9-12(19)7-8-13(14)17(22)24-2/h3-9,11H,10H2,1-2H3,(H,20,23)/t11-/m0/s1. The van der Waals surface area contributed by atoms with Gasteiger partial charge in [0.1, 0.15) is 11.9 Å². The van der Waals surface area contributed by atoms with Crippen LogP contribution in [0.3, 0.4) is 0 Å². The minimum absolute atomic E-state index is 0.153. The number of methoxy groups -OCH3 is 1. The van der Waals surface area contributed by atoms with Crippen LogP contribution >= 0.6 is 11.6 Å². The van der Waals surface area contributed by atoms with E-state index in [1.165, 1.54) is 19.2 Å². The Kier molecular flexibility index (Phi) is 4.81. The van der Waals surface area contributed by atoms with Crippen molar-refractivity contribution in [3.63, 3.8) is 0 Å². The van der Waals surface area contributed by atoms with Crippen LogP contribution in [0.4, 0.5) is 16.2 Å². The number of rotatable bonds is 2. The Bertz CT molecular complexity index is 824. The fourth-order valence-corrected chi connectivity index (χ4v) is 2.84. The lowest BCUT2D eigenvalue weighted by atomic mass is 10.1. The molecule has 0 bridgehead atoms. The number of urea groups is 1. The topological polar surface area (TPSA) is 67.9 Å². The number of nitrogens with zero attached hydrogens (tertiary/aromatic N) is 1. The Labute approximate surface area is 150 Å². The van der Waals surface area contributed by atoms with Crippen molar-refractivity contribution in [2.45, 2.75) is 13.0 Å². The van der Waals surface area contributed by atoms with Gasteiger partial charge < -0.3 is 14.8 Å². The highest BCUT2D eigenvalue weighted by Gasteiger charge is 2.28. The molecule has 0 fully saturated rings. The van der Waals surface area contributed by atoms with E-state index in [0.717, 1.165) is 0 Å². The summed E-state index contributed by atoms with van der Waals surface area (Å²) in [5, 5.41) is 3.15. The molecule has 0 aliphatic carbocycles. The van der Waals surface area contributed by atoms with Gasteiger partial charge in [0.15, 0.2) is 0 Å². The molecule has 1 aliphatic heterocycles. The van der Waals surface area contributed by atoms with E-state index >= 15 is 0 Å². The third kappa shape index (κ3) is 3.53. The molecule has 2 amide bonds. The normalized spacial score (nSPS) is 15.8. The van der Waals surface area contributed by atoms with Crippen LogP contribution in [0.2, 0.25) is 5.02 Å². The lowest BCUT2D eigenvalue weighted by Gasteiger charge is -2.33. The molecule has 7 heteroatoms. The molecule has 0 aromatic heterocycles. The molecule has 0 unspecified atom stereocenters. The maximum atomic E-state index is 12.8. The zero-order chi connectivity index (χ0) is 18.0.